The van der Waals surface area contributed by atoms with Gasteiger partial charge in [-0.2, -0.15) is 0 Å². The van der Waals surface area contributed by atoms with Crippen molar-refractivity contribution in [3.8, 4) is 0 Å². The standard InChI is InChI=1S/C11H23ClO2S/c1-4-15(13,14)9-7-5-6-8-11(12)10(2)3/h10-11H,4-9H2,1-3H3. The SMILES string of the molecule is CCS(=O)(=O)CCCCCC(Cl)C(C)C. The molecule has 0 aromatic carbocycles. The van der Waals surface area contributed by atoms with Crippen LogP contribution in [0.3, 0.4) is 0 Å². The van der Waals surface area contributed by atoms with Gasteiger partial charge in [0.25, 0.3) is 0 Å². The van der Waals surface area contributed by atoms with E-state index in [0.717, 1.165) is 25.7 Å². The van der Waals surface area contributed by atoms with E-state index in [1.807, 2.05) is 0 Å². The summed E-state index contributed by atoms with van der Waals surface area (Å²) in [5.41, 5.74) is 0. The van der Waals surface area contributed by atoms with Gasteiger partial charge in [0.1, 0.15) is 9.84 Å². The Labute approximate surface area is 99.3 Å². The van der Waals surface area contributed by atoms with Crippen LogP contribution in [0.15, 0.2) is 0 Å². The number of hydrogen-bond acceptors (Lipinski definition) is 2. The highest BCUT2D eigenvalue weighted by atomic mass is 35.5. The summed E-state index contributed by atoms with van der Waals surface area (Å²) in [6.07, 6.45) is 3.77. The molecule has 0 heterocycles. The third kappa shape index (κ3) is 8.09. The Morgan fingerprint density at radius 2 is 1.73 bits per heavy atom. The predicted molar refractivity (Wildman–Crippen MR) is 67.3 cm³/mol. The maximum Gasteiger partial charge on any atom is 0.150 e. The van der Waals surface area contributed by atoms with Crippen LogP contribution in [-0.4, -0.2) is 25.3 Å². The molecule has 2 nitrogen and oxygen atoms in total. The van der Waals surface area contributed by atoms with E-state index in [1.165, 1.54) is 0 Å². The zero-order valence-corrected chi connectivity index (χ0v) is 11.6. The van der Waals surface area contributed by atoms with E-state index in [9.17, 15) is 8.42 Å². The topological polar surface area (TPSA) is 34.1 Å². The van der Waals surface area contributed by atoms with Gasteiger partial charge in [0.2, 0.25) is 0 Å². The molecule has 0 rings (SSSR count). The normalized spacial score (nSPS) is 14.5. The van der Waals surface area contributed by atoms with Crippen LogP contribution in [0.5, 0.6) is 0 Å². The predicted octanol–water partition coefficient (Wildman–Crippen LogP) is 3.24. The van der Waals surface area contributed by atoms with Gasteiger partial charge in [-0.05, 0) is 18.8 Å². The van der Waals surface area contributed by atoms with Crippen LogP contribution >= 0.6 is 11.6 Å². The van der Waals surface area contributed by atoms with Gasteiger partial charge in [-0.3, -0.25) is 0 Å². The van der Waals surface area contributed by atoms with Crippen molar-refractivity contribution in [2.24, 2.45) is 5.92 Å². The van der Waals surface area contributed by atoms with Crippen molar-refractivity contribution in [2.45, 2.75) is 51.8 Å². The Kier molecular flexibility index (Phi) is 7.62. The van der Waals surface area contributed by atoms with Gasteiger partial charge in [0, 0.05) is 11.1 Å². The Bertz CT molecular complexity index is 247. The van der Waals surface area contributed by atoms with Crippen molar-refractivity contribution in [3.63, 3.8) is 0 Å². The van der Waals surface area contributed by atoms with Crippen LogP contribution in [0, 0.1) is 5.92 Å². The van der Waals surface area contributed by atoms with Crippen molar-refractivity contribution in [1.82, 2.24) is 0 Å². The van der Waals surface area contributed by atoms with Crippen LogP contribution in [0.4, 0.5) is 0 Å². The Balaban J connectivity index is 3.49. The third-order valence-corrected chi connectivity index (χ3v) is 5.11. The number of hydrogen-bond donors (Lipinski definition) is 0. The summed E-state index contributed by atoms with van der Waals surface area (Å²) in [4.78, 5) is 0. The highest BCUT2D eigenvalue weighted by Gasteiger charge is 2.10. The van der Waals surface area contributed by atoms with E-state index >= 15 is 0 Å². The summed E-state index contributed by atoms with van der Waals surface area (Å²) in [7, 11) is -2.77. The molecule has 1 unspecified atom stereocenters. The van der Waals surface area contributed by atoms with Crippen LogP contribution < -0.4 is 0 Å². The highest BCUT2D eigenvalue weighted by Crippen LogP contribution is 2.17. The molecule has 0 fully saturated rings. The molecule has 0 aromatic heterocycles. The molecule has 0 aliphatic heterocycles. The largest absolute Gasteiger partial charge is 0.229 e. The molecule has 0 aliphatic carbocycles. The quantitative estimate of drug-likeness (QED) is 0.492. The number of unbranched alkanes of at least 4 members (excludes halogenated alkanes) is 2. The van der Waals surface area contributed by atoms with Gasteiger partial charge in [-0.15, -0.1) is 11.6 Å². The van der Waals surface area contributed by atoms with Crippen LogP contribution in [0.1, 0.15) is 46.5 Å². The fourth-order valence-corrected chi connectivity index (χ4v) is 2.40. The minimum Gasteiger partial charge on any atom is -0.229 e. The van der Waals surface area contributed by atoms with Crippen LogP contribution in [0.25, 0.3) is 0 Å². The number of rotatable bonds is 8. The first kappa shape index (κ1) is 15.2. The van der Waals surface area contributed by atoms with Crippen molar-refractivity contribution < 1.29 is 8.42 Å². The fourth-order valence-electron chi connectivity index (χ4n) is 1.32. The van der Waals surface area contributed by atoms with E-state index in [4.69, 9.17) is 11.6 Å². The van der Waals surface area contributed by atoms with Gasteiger partial charge in [0.05, 0.1) is 5.75 Å². The summed E-state index contributed by atoms with van der Waals surface area (Å²) < 4.78 is 22.4. The van der Waals surface area contributed by atoms with E-state index < -0.39 is 9.84 Å². The van der Waals surface area contributed by atoms with Crippen LogP contribution in [-0.2, 0) is 9.84 Å². The smallest absolute Gasteiger partial charge is 0.150 e. The second-order valence-electron chi connectivity index (χ2n) is 4.35. The molecular weight excluding hydrogens is 232 g/mol. The summed E-state index contributed by atoms with van der Waals surface area (Å²) in [6, 6.07) is 0. The van der Waals surface area contributed by atoms with Gasteiger partial charge in [-0.1, -0.05) is 33.6 Å². The molecule has 0 bridgehead atoms. The minimum atomic E-state index is -2.77. The van der Waals surface area contributed by atoms with Gasteiger partial charge in [-0.25, -0.2) is 8.42 Å². The Morgan fingerprint density at radius 1 is 1.13 bits per heavy atom. The Morgan fingerprint density at radius 3 is 2.20 bits per heavy atom. The molecule has 15 heavy (non-hydrogen) atoms. The van der Waals surface area contributed by atoms with Crippen molar-refractivity contribution in [3.05, 3.63) is 0 Å². The van der Waals surface area contributed by atoms with E-state index in [1.54, 1.807) is 6.92 Å². The number of halogens is 1. The molecule has 0 aromatic rings. The summed E-state index contributed by atoms with van der Waals surface area (Å²) in [5, 5.41) is 0.229. The van der Waals surface area contributed by atoms with Crippen molar-refractivity contribution >= 4 is 21.4 Å². The van der Waals surface area contributed by atoms with E-state index in [-0.39, 0.29) is 11.1 Å². The first-order chi connectivity index (χ1) is 6.89. The lowest BCUT2D eigenvalue weighted by Gasteiger charge is -2.12. The molecule has 1 atom stereocenters. The molecule has 92 valence electrons. The van der Waals surface area contributed by atoms with Gasteiger partial charge < -0.3 is 0 Å². The molecule has 0 amide bonds. The zero-order valence-electron chi connectivity index (χ0n) is 10.0. The average Bonchev–Trinajstić information content (AvgIpc) is 2.16. The first-order valence-corrected chi connectivity index (χ1v) is 7.99. The van der Waals surface area contributed by atoms with Gasteiger partial charge >= 0.3 is 0 Å². The van der Waals surface area contributed by atoms with E-state index in [0.29, 0.717) is 11.7 Å². The lowest BCUT2D eigenvalue weighted by molar-refractivity contribution is 0.531. The van der Waals surface area contributed by atoms with Crippen LogP contribution in [0.2, 0.25) is 0 Å². The molecule has 0 spiro atoms. The molecule has 0 radical (unpaired) electrons. The molecule has 0 saturated heterocycles. The maximum absolute atomic E-state index is 11.2. The number of alkyl halides is 1. The average molecular weight is 255 g/mol. The zero-order chi connectivity index (χ0) is 11.9. The first-order valence-electron chi connectivity index (χ1n) is 5.73. The summed E-state index contributed by atoms with van der Waals surface area (Å²) in [5.74, 6) is 1.10. The molecule has 0 N–H and O–H groups in total. The summed E-state index contributed by atoms with van der Waals surface area (Å²) >= 11 is 6.09. The van der Waals surface area contributed by atoms with E-state index in [2.05, 4.69) is 13.8 Å². The molecular formula is C11H23ClO2S. The lowest BCUT2D eigenvalue weighted by Crippen LogP contribution is -2.09. The summed E-state index contributed by atoms with van der Waals surface area (Å²) in [6.45, 7) is 5.92. The van der Waals surface area contributed by atoms with Crippen molar-refractivity contribution in [1.29, 1.82) is 0 Å². The third-order valence-electron chi connectivity index (χ3n) is 2.60. The fraction of sp³-hybridized carbons (Fsp3) is 1.00. The number of sulfone groups is 1. The molecule has 4 heteroatoms. The minimum absolute atomic E-state index is 0.229. The maximum atomic E-state index is 11.2. The van der Waals surface area contributed by atoms with Crippen molar-refractivity contribution in [2.75, 3.05) is 11.5 Å². The molecule has 0 aliphatic rings. The second-order valence-corrected chi connectivity index (χ2v) is 7.38. The second kappa shape index (κ2) is 7.50. The van der Waals surface area contributed by atoms with Gasteiger partial charge in [0.15, 0.2) is 0 Å². The molecule has 0 saturated carbocycles. The monoisotopic (exact) mass is 254 g/mol. The lowest BCUT2D eigenvalue weighted by atomic mass is 10.0. The Hall–Kier alpha value is 0.240. The highest BCUT2D eigenvalue weighted by molar-refractivity contribution is 7.91.